The first-order chi connectivity index (χ1) is 6.59. The molecular weight excluding hydrogens is 192 g/mol. The Kier molecular flexibility index (Phi) is 4.33. The van der Waals surface area contributed by atoms with Crippen molar-refractivity contribution in [3.8, 4) is 0 Å². The predicted molar refractivity (Wildman–Crippen MR) is 61.6 cm³/mol. The summed E-state index contributed by atoms with van der Waals surface area (Å²) in [6.45, 7) is 6.10. The second-order valence-corrected chi connectivity index (χ2v) is 5.25. The van der Waals surface area contributed by atoms with E-state index in [1.54, 1.807) is 11.3 Å². The van der Waals surface area contributed by atoms with Crippen LogP contribution >= 0.6 is 11.3 Å². The molecule has 14 heavy (non-hydrogen) atoms. The lowest BCUT2D eigenvalue weighted by Crippen LogP contribution is -2.12. The summed E-state index contributed by atoms with van der Waals surface area (Å²) in [5.41, 5.74) is 0. The topological polar surface area (TPSA) is 17.1 Å². The molecule has 0 spiro atoms. The van der Waals surface area contributed by atoms with Crippen LogP contribution in [0, 0.1) is 11.8 Å². The van der Waals surface area contributed by atoms with Crippen LogP contribution in [0.5, 0.6) is 0 Å². The number of thiophene rings is 1. The molecule has 1 heterocycles. The number of hydrogen-bond donors (Lipinski definition) is 0. The maximum Gasteiger partial charge on any atom is 0.135 e. The molecule has 0 radical (unpaired) electrons. The van der Waals surface area contributed by atoms with E-state index >= 15 is 0 Å². The second kappa shape index (κ2) is 5.30. The number of rotatable bonds is 5. The third-order valence-electron chi connectivity index (χ3n) is 2.32. The fraction of sp³-hybridized carbons (Fsp3) is 0.583. The van der Waals surface area contributed by atoms with Gasteiger partial charge in [0.2, 0.25) is 0 Å². The Hall–Kier alpha value is -0.630. The van der Waals surface area contributed by atoms with E-state index in [4.69, 9.17) is 0 Å². The molecule has 0 bridgehead atoms. The lowest BCUT2D eigenvalue weighted by Gasteiger charge is -2.10. The normalized spacial score (nSPS) is 13.1. The van der Waals surface area contributed by atoms with Crippen LogP contribution in [0.3, 0.4) is 0 Å². The highest BCUT2D eigenvalue weighted by Crippen LogP contribution is 2.17. The fourth-order valence-electron chi connectivity index (χ4n) is 1.42. The molecule has 0 saturated carbocycles. The lowest BCUT2D eigenvalue weighted by molar-refractivity contribution is -0.122. The monoisotopic (exact) mass is 210 g/mol. The highest BCUT2D eigenvalue weighted by atomic mass is 32.1. The first-order valence-electron chi connectivity index (χ1n) is 5.14. The molecule has 78 valence electrons. The van der Waals surface area contributed by atoms with Crippen LogP contribution in [0.25, 0.3) is 0 Å². The quantitative estimate of drug-likeness (QED) is 0.726. The molecule has 1 rings (SSSR count). The van der Waals surface area contributed by atoms with Gasteiger partial charge in [0.15, 0.2) is 0 Å². The molecule has 0 aliphatic carbocycles. The molecule has 0 fully saturated rings. The summed E-state index contributed by atoms with van der Waals surface area (Å²) >= 11 is 1.78. The van der Waals surface area contributed by atoms with E-state index in [-0.39, 0.29) is 5.92 Å². The van der Waals surface area contributed by atoms with Crippen LogP contribution in [-0.2, 0) is 11.2 Å². The molecule has 1 nitrogen and oxygen atoms in total. The number of ketones is 1. The van der Waals surface area contributed by atoms with Gasteiger partial charge in [0.25, 0.3) is 0 Å². The van der Waals surface area contributed by atoms with Crippen molar-refractivity contribution in [3.05, 3.63) is 22.4 Å². The standard InChI is InChI=1S/C12H18OS/c1-9(2)12(13)8-10(3)7-11-5-4-6-14-11/h4-6,9-10H,7-8H2,1-3H3. The Morgan fingerprint density at radius 2 is 2.14 bits per heavy atom. The van der Waals surface area contributed by atoms with Crippen molar-refractivity contribution in [1.82, 2.24) is 0 Å². The van der Waals surface area contributed by atoms with Crippen molar-refractivity contribution in [2.75, 3.05) is 0 Å². The van der Waals surface area contributed by atoms with Gasteiger partial charge < -0.3 is 0 Å². The van der Waals surface area contributed by atoms with E-state index in [9.17, 15) is 4.79 Å². The van der Waals surface area contributed by atoms with Gasteiger partial charge in [-0.3, -0.25) is 4.79 Å². The van der Waals surface area contributed by atoms with E-state index < -0.39 is 0 Å². The van der Waals surface area contributed by atoms with E-state index in [1.165, 1.54) is 4.88 Å². The average Bonchev–Trinajstić information content (AvgIpc) is 2.56. The van der Waals surface area contributed by atoms with E-state index in [0.717, 1.165) is 12.8 Å². The van der Waals surface area contributed by atoms with Crippen LogP contribution in [0.15, 0.2) is 17.5 Å². The maximum atomic E-state index is 11.5. The summed E-state index contributed by atoms with van der Waals surface area (Å²) in [7, 11) is 0. The summed E-state index contributed by atoms with van der Waals surface area (Å²) in [4.78, 5) is 12.9. The van der Waals surface area contributed by atoms with Gasteiger partial charge in [-0.05, 0) is 23.8 Å². The van der Waals surface area contributed by atoms with Crippen molar-refractivity contribution in [2.45, 2.75) is 33.6 Å². The summed E-state index contributed by atoms with van der Waals surface area (Å²) in [6.07, 6.45) is 1.76. The lowest BCUT2D eigenvalue weighted by atomic mass is 9.95. The molecule has 0 saturated heterocycles. The van der Waals surface area contributed by atoms with Gasteiger partial charge in [-0.2, -0.15) is 0 Å². The van der Waals surface area contributed by atoms with E-state index in [1.807, 2.05) is 13.8 Å². The Morgan fingerprint density at radius 1 is 1.43 bits per heavy atom. The second-order valence-electron chi connectivity index (χ2n) is 4.21. The van der Waals surface area contributed by atoms with Crippen molar-refractivity contribution < 1.29 is 4.79 Å². The van der Waals surface area contributed by atoms with Crippen LogP contribution in [0.4, 0.5) is 0 Å². The fourth-order valence-corrected chi connectivity index (χ4v) is 2.29. The number of Topliss-reactive ketones (excluding diaryl/α,β-unsaturated/α-hetero) is 1. The first-order valence-corrected chi connectivity index (χ1v) is 6.02. The minimum absolute atomic E-state index is 0.181. The maximum absolute atomic E-state index is 11.5. The SMILES string of the molecule is CC(CC(=O)C(C)C)Cc1cccs1. The molecule has 0 aromatic carbocycles. The van der Waals surface area contributed by atoms with Gasteiger partial charge in [0.05, 0.1) is 0 Å². The van der Waals surface area contributed by atoms with Crippen LogP contribution in [0.2, 0.25) is 0 Å². The number of carbonyl (C=O) groups excluding carboxylic acids is 1. The molecule has 1 aromatic rings. The minimum atomic E-state index is 0.181. The number of hydrogen-bond acceptors (Lipinski definition) is 2. The molecule has 0 aliphatic heterocycles. The van der Waals surface area contributed by atoms with Crippen LogP contribution < -0.4 is 0 Å². The summed E-state index contributed by atoms with van der Waals surface area (Å²) in [6, 6.07) is 4.21. The van der Waals surface area contributed by atoms with E-state index in [2.05, 4.69) is 24.4 Å². The molecule has 0 aliphatic rings. The largest absolute Gasteiger partial charge is 0.299 e. The molecular formula is C12H18OS. The Balaban J connectivity index is 2.36. The highest BCUT2D eigenvalue weighted by Gasteiger charge is 2.12. The smallest absolute Gasteiger partial charge is 0.135 e. The number of carbonyl (C=O) groups is 1. The molecule has 0 amide bonds. The summed E-state index contributed by atoms with van der Waals surface area (Å²) in [5, 5.41) is 2.09. The van der Waals surface area contributed by atoms with Crippen molar-refractivity contribution in [3.63, 3.8) is 0 Å². The Bertz CT molecular complexity index is 275. The van der Waals surface area contributed by atoms with Crippen LogP contribution in [0.1, 0.15) is 32.1 Å². The average molecular weight is 210 g/mol. The Labute approximate surface area is 90.2 Å². The highest BCUT2D eigenvalue weighted by molar-refractivity contribution is 7.09. The molecule has 1 atom stereocenters. The zero-order valence-electron chi connectivity index (χ0n) is 9.12. The molecule has 1 unspecified atom stereocenters. The van der Waals surface area contributed by atoms with Crippen molar-refractivity contribution in [2.24, 2.45) is 11.8 Å². The molecule has 2 heteroatoms. The third kappa shape index (κ3) is 3.62. The Morgan fingerprint density at radius 3 is 2.64 bits per heavy atom. The zero-order chi connectivity index (χ0) is 10.6. The van der Waals surface area contributed by atoms with Gasteiger partial charge in [-0.25, -0.2) is 0 Å². The minimum Gasteiger partial charge on any atom is -0.299 e. The third-order valence-corrected chi connectivity index (χ3v) is 3.22. The van der Waals surface area contributed by atoms with Crippen molar-refractivity contribution in [1.29, 1.82) is 0 Å². The summed E-state index contributed by atoms with van der Waals surface area (Å²) in [5.74, 6) is 1.04. The van der Waals surface area contributed by atoms with Gasteiger partial charge >= 0.3 is 0 Å². The predicted octanol–water partition coefficient (Wildman–Crippen LogP) is 3.54. The van der Waals surface area contributed by atoms with Crippen LogP contribution in [-0.4, -0.2) is 5.78 Å². The molecule has 1 aromatic heterocycles. The zero-order valence-corrected chi connectivity index (χ0v) is 9.93. The van der Waals surface area contributed by atoms with Crippen molar-refractivity contribution >= 4 is 17.1 Å². The van der Waals surface area contributed by atoms with Gasteiger partial charge in [0, 0.05) is 17.2 Å². The van der Waals surface area contributed by atoms with Gasteiger partial charge in [0.1, 0.15) is 5.78 Å². The first kappa shape index (κ1) is 11.4. The van der Waals surface area contributed by atoms with Gasteiger partial charge in [-0.15, -0.1) is 11.3 Å². The van der Waals surface area contributed by atoms with Gasteiger partial charge in [-0.1, -0.05) is 26.8 Å². The molecule has 0 N–H and O–H groups in total. The van der Waals surface area contributed by atoms with E-state index in [0.29, 0.717) is 11.7 Å². The summed E-state index contributed by atoms with van der Waals surface area (Å²) < 4.78 is 0.